The molecule has 8 heteroatoms. The summed E-state index contributed by atoms with van der Waals surface area (Å²) < 4.78 is 52.9. The van der Waals surface area contributed by atoms with Gasteiger partial charge in [0.25, 0.3) is 0 Å². The van der Waals surface area contributed by atoms with E-state index in [-0.39, 0.29) is 11.4 Å². The van der Waals surface area contributed by atoms with Gasteiger partial charge in [0, 0.05) is 12.6 Å². The van der Waals surface area contributed by atoms with Gasteiger partial charge in [-0.1, -0.05) is 48.0 Å². The normalized spacial score (nSPS) is 13.5. The molecule has 136 valence electrons. The van der Waals surface area contributed by atoms with Gasteiger partial charge in [-0.3, -0.25) is 0 Å². The van der Waals surface area contributed by atoms with Gasteiger partial charge in [0.15, 0.2) is 0 Å². The number of sulfonamides is 2. The summed E-state index contributed by atoms with van der Waals surface area (Å²) in [6.07, 6.45) is 1.43. The van der Waals surface area contributed by atoms with E-state index in [1.165, 1.54) is 12.1 Å². The molecule has 0 radical (unpaired) electrons. The summed E-state index contributed by atoms with van der Waals surface area (Å²) in [6, 6.07) is 15.2. The molecule has 0 saturated carbocycles. The van der Waals surface area contributed by atoms with Crippen molar-refractivity contribution in [3.05, 3.63) is 65.7 Å². The third kappa shape index (κ3) is 6.58. The molecular formula is C17H22N2O4S2. The molecule has 0 aliphatic carbocycles. The first-order chi connectivity index (χ1) is 11.7. The second kappa shape index (κ2) is 8.09. The van der Waals surface area contributed by atoms with Crippen LogP contribution < -0.4 is 9.44 Å². The molecule has 0 spiro atoms. The minimum atomic E-state index is -3.70. The molecule has 0 heterocycles. The molecule has 0 unspecified atom stereocenters. The standard InChI is InChI=1S/C17H22N2O4S2/c1-14-8-10-17(11-9-14)25(22,23)18-13-16(19-24(2,20)21)12-15-6-4-3-5-7-15/h3-11,16,18-19H,12-13H2,1-2H3/t16-/m0/s1. The topological polar surface area (TPSA) is 92.3 Å². The van der Waals surface area contributed by atoms with Gasteiger partial charge in [-0.15, -0.1) is 0 Å². The zero-order chi connectivity index (χ0) is 18.5. The van der Waals surface area contributed by atoms with Crippen LogP contribution in [0.1, 0.15) is 11.1 Å². The molecule has 0 fully saturated rings. The summed E-state index contributed by atoms with van der Waals surface area (Å²) in [5, 5.41) is 0. The molecule has 2 N–H and O–H groups in total. The highest BCUT2D eigenvalue weighted by molar-refractivity contribution is 7.89. The van der Waals surface area contributed by atoms with E-state index in [4.69, 9.17) is 0 Å². The van der Waals surface area contributed by atoms with Gasteiger partial charge >= 0.3 is 0 Å². The Morgan fingerprint density at radius 1 is 0.920 bits per heavy atom. The lowest BCUT2D eigenvalue weighted by Gasteiger charge is -2.18. The van der Waals surface area contributed by atoms with E-state index in [1.807, 2.05) is 37.3 Å². The minimum Gasteiger partial charge on any atom is -0.213 e. The average molecular weight is 383 g/mol. The highest BCUT2D eigenvalue weighted by Gasteiger charge is 2.19. The Labute approximate surface area is 149 Å². The first kappa shape index (κ1) is 19.6. The first-order valence-corrected chi connectivity index (χ1v) is 11.1. The van der Waals surface area contributed by atoms with Crippen molar-refractivity contribution >= 4 is 20.0 Å². The molecule has 2 aromatic carbocycles. The zero-order valence-corrected chi connectivity index (χ0v) is 15.8. The average Bonchev–Trinajstić information content (AvgIpc) is 2.53. The van der Waals surface area contributed by atoms with E-state index in [0.29, 0.717) is 6.42 Å². The Kier molecular flexibility index (Phi) is 6.34. The number of aryl methyl sites for hydroxylation is 1. The van der Waals surface area contributed by atoms with E-state index in [2.05, 4.69) is 9.44 Å². The molecule has 0 saturated heterocycles. The molecule has 0 amide bonds. The monoisotopic (exact) mass is 382 g/mol. The van der Waals surface area contributed by atoms with Gasteiger partial charge in [0.1, 0.15) is 0 Å². The SMILES string of the molecule is Cc1ccc(S(=O)(=O)NC[C@H](Cc2ccccc2)NS(C)(=O)=O)cc1. The second-order valence-electron chi connectivity index (χ2n) is 5.94. The van der Waals surface area contributed by atoms with E-state index in [9.17, 15) is 16.8 Å². The van der Waals surface area contributed by atoms with Crippen molar-refractivity contribution in [3.63, 3.8) is 0 Å². The first-order valence-electron chi connectivity index (χ1n) is 7.73. The van der Waals surface area contributed by atoms with Gasteiger partial charge in [-0.05, 0) is 31.0 Å². The van der Waals surface area contributed by atoms with Crippen LogP contribution in [0.2, 0.25) is 0 Å². The summed E-state index contributed by atoms with van der Waals surface area (Å²) >= 11 is 0. The fourth-order valence-corrected chi connectivity index (χ4v) is 4.22. The number of hydrogen-bond donors (Lipinski definition) is 2. The lowest BCUT2D eigenvalue weighted by atomic mass is 10.1. The largest absolute Gasteiger partial charge is 0.240 e. The van der Waals surface area contributed by atoms with Crippen molar-refractivity contribution in [1.82, 2.24) is 9.44 Å². The maximum absolute atomic E-state index is 12.4. The molecule has 6 nitrogen and oxygen atoms in total. The molecule has 0 bridgehead atoms. The summed E-state index contributed by atoms with van der Waals surface area (Å²) in [4.78, 5) is 0.149. The second-order valence-corrected chi connectivity index (χ2v) is 9.49. The molecule has 1 atom stereocenters. The van der Waals surface area contributed by atoms with Crippen molar-refractivity contribution in [2.24, 2.45) is 0 Å². The Morgan fingerprint density at radius 2 is 1.52 bits per heavy atom. The highest BCUT2D eigenvalue weighted by atomic mass is 32.2. The lowest BCUT2D eigenvalue weighted by Crippen LogP contribution is -2.44. The Balaban J connectivity index is 2.11. The van der Waals surface area contributed by atoms with Crippen LogP contribution >= 0.6 is 0 Å². The van der Waals surface area contributed by atoms with Crippen LogP contribution in [0.15, 0.2) is 59.5 Å². The van der Waals surface area contributed by atoms with Crippen LogP contribution in [0.3, 0.4) is 0 Å². The van der Waals surface area contributed by atoms with Crippen molar-refractivity contribution in [2.45, 2.75) is 24.3 Å². The van der Waals surface area contributed by atoms with Crippen LogP contribution in [0.5, 0.6) is 0 Å². The van der Waals surface area contributed by atoms with E-state index in [0.717, 1.165) is 17.4 Å². The zero-order valence-electron chi connectivity index (χ0n) is 14.1. The third-order valence-electron chi connectivity index (χ3n) is 3.56. The van der Waals surface area contributed by atoms with Gasteiger partial charge in [0.05, 0.1) is 11.2 Å². The number of benzene rings is 2. The molecule has 0 aromatic heterocycles. The smallest absolute Gasteiger partial charge is 0.213 e. The maximum atomic E-state index is 12.4. The van der Waals surface area contributed by atoms with Gasteiger partial charge in [-0.2, -0.15) is 0 Å². The predicted molar refractivity (Wildman–Crippen MR) is 98.3 cm³/mol. The third-order valence-corrected chi connectivity index (χ3v) is 5.76. The minimum absolute atomic E-state index is 0.0435. The molecule has 2 aromatic rings. The highest BCUT2D eigenvalue weighted by Crippen LogP contribution is 2.10. The van der Waals surface area contributed by atoms with Gasteiger partial charge in [-0.25, -0.2) is 26.3 Å². The Morgan fingerprint density at radius 3 is 2.08 bits per heavy atom. The Bertz CT molecular complexity index is 893. The van der Waals surface area contributed by atoms with Crippen molar-refractivity contribution in [3.8, 4) is 0 Å². The molecule has 0 aliphatic heterocycles. The maximum Gasteiger partial charge on any atom is 0.240 e. The van der Waals surface area contributed by atoms with Crippen LogP contribution in [0, 0.1) is 6.92 Å². The summed E-state index contributed by atoms with van der Waals surface area (Å²) in [7, 11) is -7.17. The summed E-state index contributed by atoms with van der Waals surface area (Å²) in [5.41, 5.74) is 1.87. The van der Waals surface area contributed by atoms with Crippen LogP contribution in [-0.2, 0) is 26.5 Å². The number of nitrogens with one attached hydrogen (secondary N) is 2. The molecule has 2 rings (SSSR count). The van der Waals surface area contributed by atoms with Gasteiger partial charge in [0.2, 0.25) is 20.0 Å². The van der Waals surface area contributed by atoms with Crippen molar-refractivity contribution in [2.75, 3.05) is 12.8 Å². The fraction of sp³-hybridized carbons (Fsp3) is 0.294. The van der Waals surface area contributed by atoms with E-state index in [1.54, 1.807) is 12.1 Å². The fourth-order valence-electron chi connectivity index (χ4n) is 2.37. The van der Waals surface area contributed by atoms with Gasteiger partial charge < -0.3 is 0 Å². The Hall–Kier alpha value is -1.74. The lowest BCUT2D eigenvalue weighted by molar-refractivity contribution is 0.532. The summed E-state index contributed by atoms with van der Waals surface area (Å²) in [6.45, 7) is 1.83. The number of hydrogen-bond acceptors (Lipinski definition) is 4. The van der Waals surface area contributed by atoms with Crippen molar-refractivity contribution in [1.29, 1.82) is 0 Å². The quantitative estimate of drug-likeness (QED) is 0.722. The van der Waals surface area contributed by atoms with Crippen LogP contribution in [-0.4, -0.2) is 35.7 Å². The molecule has 25 heavy (non-hydrogen) atoms. The predicted octanol–water partition coefficient (Wildman–Crippen LogP) is 1.43. The van der Waals surface area contributed by atoms with Crippen molar-refractivity contribution < 1.29 is 16.8 Å². The van der Waals surface area contributed by atoms with E-state index >= 15 is 0 Å². The van der Waals surface area contributed by atoms with Crippen LogP contribution in [0.25, 0.3) is 0 Å². The van der Waals surface area contributed by atoms with Crippen LogP contribution in [0.4, 0.5) is 0 Å². The number of rotatable bonds is 8. The molecule has 0 aliphatic rings. The summed E-state index contributed by atoms with van der Waals surface area (Å²) in [5.74, 6) is 0. The molecular weight excluding hydrogens is 360 g/mol. The van der Waals surface area contributed by atoms with E-state index < -0.39 is 26.1 Å².